The van der Waals surface area contributed by atoms with Crippen LogP contribution in [0.3, 0.4) is 0 Å². The Hall–Kier alpha value is -2.57. The number of aromatic nitrogens is 2. The van der Waals surface area contributed by atoms with E-state index in [2.05, 4.69) is 20.4 Å². The second-order valence-corrected chi connectivity index (χ2v) is 6.92. The van der Waals surface area contributed by atoms with Gasteiger partial charge in [-0.3, -0.25) is 5.32 Å². The first-order chi connectivity index (χ1) is 11.4. The van der Waals surface area contributed by atoms with Gasteiger partial charge in [0.1, 0.15) is 11.6 Å². The van der Waals surface area contributed by atoms with Crippen LogP contribution in [0.5, 0.6) is 0 Å². The Labute approximate surface area is 141 Å². The lowest BCUT2D eigenvalue weighted by molar-refractivity contribution is 0.208. The predicted molar refractivity (Wildman–Crippen MR) is 92.2 cm³/mol. The van der Waals surface area contributed by atoms with Crippen LogP contribution in [-0.2, 0) is 5.41 Å². The van der Waals surface area contributed by atoms with Gasteiger partial charge in [0.2, 0.25) is 0 Å². The number of pyridine rings is 1. The molecule has 3 heterocycles. The van der Waals surface area contributed by atoms with Crippen molar-refractivity contribution in [2.24, 2.45) is 0 Å². The number of hydrogen-bond donors (Lipinski definition) is 1. The molecule has 2 amide bonds. The largest absolute Gasteiger partial charge is 0.359 e. The van der Waals surface area contributed by atoms with Crippen molar-refractivity contribution in [1.82, 2.24) is 15.0 Å². The molecule has 0 saturated carbocycles. The van der Waals surface area contributed by atoms with Gasteiger partial charge in [0, 0.05) is 43.9 Å². The average Bonchev–Trinajstić information content (AvgIpc) is 3.05. The molecule has 0 radical (unpaired) electrons. The second-order valence-electron chi connectivity index (χ2n) is 6.92. The Morgan fingerprint density at radius 3 is 2.54 bits per heavy atom. The number of rotatable bonds is 2. The number of amides is 2. The van der Waals surface area contributed by atoms with Crippen LogP contribution in [0.4, 0.5) is 16.4 Å². The van der Waals surface area contributed by atoms with Crippen LogP contribution < -0.4 is 10.2 Å². The van der Waals surface area contributed by atoms with Crippen LogP contribution in [0.15, 0.2) is 35.0 Å². The van der Waals surface area contributed by atoms with E-state index in [4.69, 9.17) is 4.52 Å². The maximum absolute atomic E-state index is 12.4. The molecule has 1 saturated heterocycles. The SMILES string of the molecule is CC(C)(C)c1cc(NC(=O)N2CCN(c3ccccn3)CC2)no1. The summed E-state index contributed by atoms with van der Waals surface area (Å²) in [6, 6.07) is 7.49. The summed E-state index contributed by atoms with van der Waals surface area (Å²) in [6.07, 6.45) is 1.78. The number of carbonyl (C=O) groups is 1. The van der Waals surface area contributed by atoms with Gasteiger partial charge in [0.15, 0.2) is 5.82 Å². The number of nitrogens with zero attached hydrogens (tertiary/aromatic N) is 4. The Bertz CT molecular complexity index is 685. The summed E-state index contributed by atoms with van der Waals surface area (Å²) in [4.78, 5) is 20.7. The average molecular weight is 329 g/mol. The van der Waals surface area contributed by atoms with E-state index in [1.807, 2.05) is 39.0 Å². The lowest BCUT2D eigenvalue weighted by Crippen LogP contribution is -2.50. The standard InChI is InChI=1S/C17H23N5O2/c1-17(2,3)13-12-14(20-24-13)19-16(23)22-10-8-21(9-11-22)15-6-4-5-7-18-15/h4-7,12H,8-11H2,1-3H3,(H,19,20,23). The minimum absolute atomic E-state index is 0.135. The molecule has 128 valence electrons. The monoisotopic (exact) mass is 329 g/mol. The van der Waals surface area contributed by atoms with E-state index in [0.29, 0.717) is 18.9 Å². The lowest BCUT2D eigenvalue weighted by atomic mass is 9.93. The summed E-state index contributed by atoms with van der Waals surface area (Å²) in [5.41, 5.74) is -0.135. The normalized spacial score (nSPS) is 15.5. The van der Waals surface area contributed by atoms with Gasteiger partial charge in [-0.2, -0.15) is 0 Å². The zero-order chi connectivity index (χ0) is 17.2. The highest BCUT2D eigenvalue weighted by Crippen LogP contribution is 2.24. The van der Waals surface area contributed by atoms with Gasteiger partial charge in [-0.15, -0.1) is 0 Å². The molecule has 1 N–H and O–H groups in total. The third-order valence-corrected chi connectivity index (χ3v) is 4.02. The van der Waals surface area contributed by atoms with Gasteiger partial charge < -0.3 is 14.3 Å². The first-order valence-electron chi connectivity index (χ1n) is 8.12. The van der Waals surface area contributed by atoms with Gasteiger partial charge in [-0.05, 0) is 12.1 Å². The van der Waals surface area contributed by atoms with Crippen molar-refractivity contribution in [2.45, 2.75) is 26.2 Å². The van der Waals surface area contributed by atoms with Gasteiger partial charge in [-0.25, -0.2) is 9.78 Å². The van der Waals surface area contributed by atoms with Crippen LogP contribution in [0.25, 0.3) is 0 Å². The molecule has 3 rings (SSSR count). The minimum Gasteiger partial charge on any atom is -0.359 e. The summed E-state index contributed by atoms with van der Waals surface area (Å²) in [6.45, 7) is 8.92. The Kier molecular flexibility index (Phi) is 4.42. The molecule has 0 atom stereocenters. The molecule has 2 aromatic heterocycles. The van der Waals surface area contributed by atoms with Gasteiger partial charge >= 0.3 is 6.03 Å². The quantitative estimate of drug-likeness (QED) is 0.917. The van der Waals surface area contributed by atoms with Crippen molar-refractivity contribution in [1.29, 1.82) is 0 Å². The van der Waals surface area contributed by atoms with Crippen LogP contribution in [0.1, 0.15) is 26.5 Å². The number of carbonyl (C=O) groups excluding carboxylic acids is 1. The molecule has 1 aliphatic heterocycles. The molecular weight excluding hydrogens is 306 g/mol. The summed E-state index contributed by atoms with van der Waals surface area (Å²) in [5.74, 6) is 2.15. The second kappa shape index (κ2) is 6.51. The molecule has 1 fully saturated rings. The van der Waals surface area contributed by atoms with Crippen molar-refractivity contribution < 1.29 is 9.32 Å². The fourth-order valence-electron chi connectivity index (χ4n) is 2.56. The number of hydrogen-bond acceptors (Lipinski definition) is 5. The summed E-state index contributed by atoms with van der Waals surface area (Å²) in [7, 11) is 0. The number of nitrogens with one attached hydrogen (secondary N) is 1. The zero-order valence-electron chi connectivity index (χ0n) is 14.3. The smallest absolute Gasteiger partial charge is 0.323 e. The zero-order valence-corrected chi connectivity index (χ0v) is 14.3. The number of piperazine rings is 1. The lowest BCUT2D eigenvalue weighted by Gasteiger charge is -2.35. The summed E-state index contributed by atoms with van der Waals surface area (Å²) >= 11 is 0. The van der Waals surface area contributed by atoms with E-state index in [1.165, 1.54) is 0 Å². The van der Waals surface area contributed by atoms with E-state index in [9.17, 15) is 4.79 Å². The fourth-order valence-corrected chi connectivity index (χ4v) is 2.56. The highest BCUT2D eigenvalue weighted by Gasteiger charge is 2.24. The van der Waals surface area contributed by atoms with E-state index in [1.54, 1.807) is 17.2 Å². The van der Waals surface area contributed by atoms with Crippen molar-refractivity contribution in [3.63, 3.8) is 0 Å². The topological polar surface area (TPSA) is 74.5 Å². The minimum atomic E-state index is -0.149. The molecule has 0 unspecified atom stereocenters. The molecule has 0 aromatic carbocycles. The molecule has 0 aliphatic carbocycles. The Morgan fingerprint density at radius 2 is 1.96 bits per heavy atom. The third-order valence-electron chi connectivity index (χ3n) is 4.02. The highest BCUT2D eigenvalue weighted by molar-refractivity contribution is 5.88. The first-order valence-corrected chi connectivity index (χ1v) is 8.12. The molecule has 2 aromatic rings. The Balaban J connectivity index is 1.55. The van der Waals surface area contributed by atoms with E-state index < -0.39 is 0 Å². The molecule has 24 heavy (non-hydrogen) atoms. The molecule has 7 heteroatoms. The highest BCUT2D eigenvalue weighted by atomic mass is 16.5. The molecular formula is C17H23N5O2. The molecule has 0 spiro atoms. The van der Waals surface area contributed by atoms with Crippen molar-refractivity contribution >= 4 is 17.7 Å². The van der Waals surface area contributed by atoms with Gasteiger partial charge in [0.25, 0.3) is 0 Å². The van der Waals surface area contributed by atoms with E-state index in [-0.39, 0.29) is 11.4 Å². The van der Waals surface area contributed by atoms with E-state index >= 15 is 0 Å². The van der Waals surface area contributed by atoms with Crippen LogP contribution >= 0.6 is 0 Å². The molecule has 1 aliphatic rings. The number of anilines is 2. The maximum Gasteiger partial charge on any atom is 0.323 e. The fraction of sp³-hybridized carbons (Fsp3) is 0.471. The van der Waals surface area contributed by atoms with Crippen molar-refractivity contribution in [3.8, 4) is 0 Å². The molecule has 0 bridgehead atoms. The first kappa shape index (κ1) is 16.3. The third kappa shape index (κ3) is 3.67. The summed E-state index contributed by atoms with van der Waals surface area (Å²) in [5, 5.41) is 6.73. The van der Waals surface area contributed by atoms with Crippen LogP contribution in [0, 0.1) is 0 Å². The van der Waals surface area contributed by atoms with Crippen LogP contribution in [-0.4, -0.2) is 47.3 Å². The molecule has 7 nitrogen and oxygen atoms in total. The number of urea groups is 1. The van der Waals surface area contributed by atoms with Gasteiger partial charge in [-0.1, -0.05) is 32.0 Å². The van der Waals surface area contributed by atoms with E-state index in [0.717, 1.165) is 24.7 Å². The Morgan fingerprint density at radius 1 is 1.21 bits per heavy atom. The van der Waals surface area contributed by atoms with Gasteiger partial charge in [0.05, 0.1) is 0 Å². The van der Waals surface area contributed by atoms with Crippen molar-refractivity contribution in [3.05, 3.63) is 36.2 Å². The summed E-state index contributed by atoms with van der Waals surface area (Å²) < 4.78 is 5.29. The van der Waals surface area contributed by atoms with Crippen LogP contribution in [0.2, 0.25) is 0 Å². The maximum atomic E-state index is 12.4. The van der Waals surface area contributed by atoms with Crippen molar-refractivity contribution in [2.75, 3.05) is 36.4 Å². The predicted octanol–water partition coefficient (Wildman–Crippen LogP) is 2.72.